The molecule has 1 aromatic rings. The van der Waals surface area contributed by atoms with E-state index in [0.717, 1.165) is 24.8 Å². The molecule has 18 heavy (non-hydrogen) atoms. The highest BCUT2D eigenvalue weighted by Crippen LogP contribution is 2.43. The first kappa shape index (κ1) is 13.0. The second kappa shape index (κ2) is 5.48. The second-order valence-corrected chi connectivity index (χ2v) is 4.66. The maximum absolute atomic E-state index is 12.1. The van der Waals surface area contributed by atoms with Gasteiger partial charge in [-0.25, -0.2) is 4.79 Å². The van der Waals surface area contributed by atoms with Crippen molar-refractivity contribution in [1.29, 1.82) is 0 Å². The van der Waals surface area contributed by atoms with Crippen molar-refractivity contribution in [2.75, 3.05) is 14.2 Å². The van der Waals surface area contributed by atoms with E-state index in [0.29, 0.717) is 6.42 Å². The molecule has 0 aromatic carbocycles. The number of hydrogen-bond donors (Lipinski definition) is 0. The van der Waals surface area contributed by atoms with E-state index < -0.39 is 5.60 Å². The van der Waals surface area contributed by atoms with Crippen molar-refractivity contribution in [2.24, 2.45) is 0 Å². The van der Waals surface area contributed by atoms with E-state index >= 15 is 0 Å². The Kier molecular flexibility index (Phi) is 3.97. The Morgan fingerprint density at radius 1 is 1.33 bits per heavy atom. The summed E-state index contributed by atoms with van der Waals surface area (Å²) in [4.78, 5) is 16.2. The molecular formula is C14H19NO3. The van der Waals surface area contributed by atoms with Gasteiger partial charge >= 0.3 is 5.97 Å². The third-order valence-electron chi connectivity index (χ3n) is 3.86. The van der Waals surface area contributed by atoms with Crippen molar-refractivity contribution >= 4 is 5.97 Å². The van der Waals surface area contributed by atoms with Crippen molar-refractivity contribution in [2.45, 2.75) is 37.2 Å². The van der Waals surface area contributed by atoms with Gasteiger partial charge in [0.15, 0.2) is 5.60 Å². The largest absolute Gasteiger partial charge is 0.467 e. The number of carbonyl (C=O) groups is 1. The third-order valence-corrected chi connectivity index (χ3v) is 3.86. The maximum Gasteiger partial charge on any atom is 0.338 e. The summed E-state index contributed by atoms with van der Waals surface area (Å²) >= 11 is 0. The van der Waals surface area contributed by atoms with Crippen LogP contribution in [0.1, 0.15) is 37.2 Å². The number of pyridine rings is 1. The Bertz CT molecular complexity index is 407. The van der Waals surface area contributed by atoms with Crippen LogP contribution in [0.4, 0.5) is 0 Å². The number of hydrogen-bond acceptors (Lipinski definition) is 4. The average Bonchev–Trinajstić information content (AvgIpc) is 2.47. The van der Waals surface area contributed by atoms with Gasteiger partial charge in [-0.1, -0.05) is 6.42 Å². The molecule has 4 heteroatoms. The molecule has 2 unspecified atom stereocenters. The molecule has 0 spiro atoms. The van der Waals surface area contributed by atoms with Gasteiger partial charge in [0.1, 0.15) is 0 Å². The summed E-state index contributed by atoms with van der Waals surface area (Å²) in [7, 11) is 3.01. The molecule has 0 radical (unpaired) electrons. The van der Waals surface area contributed by atoms with Crippen LogP contribution < -0.4 is 0 Å². The Balaban J connectivity index is 2.38. The summed E-state index contributed by atoms with van der Waals surface area (Å²) in [5.74, 6) is -0.224. The van der Waals surface area contributed by atoms with Gasteiger partial charge in [0.2, 0.25) is 0 Å². The molecule has 2 atom stereocenters. The van der Waals surface area contributed by atoms with Gasteiger partial charge in [0.05, 0.1) is 7.11 Å². The van der Waals surface area contributed by atoms with Gasteiger partial charge < -0.3 is 9.47 Å². The van der Waals surface area contributed by atoms with Gasteiger partial charge in [-0.3, -0.25) is 4.98 Å². The summed E-state index contributed by atoms with van der Waals surface area (Å²) in [5, 5.41) is 0. The first-order chi connectivity index (χ1) is 8.74. The van der Waals surface area contributed by atoms with Crippen LogP contribution in [-0.2, 0) is 14.3 Å². The van der Waals surface area contributed by atoms with Crippen molar-refractivity contribution < 1.29 is 14.3 Å². The molecule has 0 N–H and O–H groups in total. The van der Waals surface area contributed by atoms with E-state index in [2.05, 4.69) is 4.98 Å². The van der Waals surface area contributed by atoms with E-state index in [9.17, 15) is 4.79 Å². The second-order valence-electron chi connectivity index (χ2n) is 4.66. The first-order valence-electron chi connectivity index (χ1n) is 6.28. The highest BCUT2D eigenvalue weighted by molar-refractivity contribution is 5.81. The Hall–Kier alpha value is -1.42. The lowest BCUT2D eigenvalue weighted by Crippen LogP contribution is -2.49. The molecule has 0 bridgehead atoms. The number of ether oxygens (including phenoxy) is 2. The van der Waals surface area contributed by atoms with Gasteiger partial charge in [-0.15, -0.1) is 0 Å². The summed E-state index contributed by atoms with van der Waals surface area (Å²) in [5.41, 5.74) is 0.255. The lowest BCUT2D eigenvalue weighted by molar-refractivity contribution is -0.173. The topological polar surface area (TPSA) is 48.4 Å². The lowest BCUT2D eigenvalue weighted by Gasteiger charge is -2.40. The van der Waals surface area contributed by atoms with E-state index in [-0.39, 0.29) is 11.9 Å². The highest BCUT2D eigenvalue weighted by Gasteiger charge is 2.49. The fraction of sp³-hybridized carbons (Fsp3) is 0.571. The molecular weight excluding hydrogens is 230 g/mol. The van der Waals surface area contributed by atoms with E-state index in [4.69, 9.17) is 9.47 Å². The molecule has 2 rings (SSSR count). The van der Waals surface area contributed by atoms with Crippen molar-refractivity contribution in [3.8, 4) is 0 Å². The summed E-state index contributed by atoms with van der Waals surface area (Å²) in [6, 6.07) is 3.90. The lowest BCUT2D eigenvalue weighted by atomic mass is 9.72. The zero-order chi connectivity index (χ0) is 13.0. The molecule has 0 aliphatic heterocycles. The molecule has 4 nitrogen and oxygen atoms in total. The minimum atomic E-state index is -0.839. The van der Waals surface area contributed by atoms with Crippen molar-refractivity contribution in [1.82, 2.24) is 4.98 Å². The number of nitrogens with zero attached hydrogens (tertiary/aromatic N) is 1. The standard InChI is InChI=1S/C14H19NO3/c1-17-13(16)14(18-2)8-4-3-5-12(14)11-6-9-15-10-7-11/h6-7,9-10,12H,3-5,8H2,1-2H3. The van der Waals surface area contributed by atoms with E-state index in [1.807, 2.05) is 12.1 Å². The fourth-order valence-electron chi connectivity index (χ4n) is 2.92. The molecule has 1 aliphatic rings. The predicted octanol–water partition coefficient (Wildman–Crippen LogP) is 2.30. The average molecular weight is 249 g/mol. The monoisotopic (exact) mass is 249 g/mol. The Morgan fingerprint density at radius 3 is 2.67 bits per heavy atom. The van der Waals surface area contributed by atoms with Crippen LogP contribution in [-0.4, -0.2) is 30.8 Å². The van der Waals surface area contributed by atoms with Crippen LogP contribution in [0, 0.1) is 0 Å². The smallest absolute Gasteiger partial charge is 0.338 e. The number of esters is 1. The van der Waals surface area contributed by atoms with E-state index in [1.165, 1.54) is 7.11 Å². The molecule has 1 aromatic heterocycles. The van der Waals surface area contributed by atoms with Crippen LogP contribution in [0.25, 0.3) is 0 Å². The number of aromatic nitrogens is 1. The van der Waals surface area contributed by atoms with Crippen molar-refractivity contribution in [3.05, 3.63) is 30.1 Å². The molecule has 1 aliphatic carbocycles. The summed E-state index contributed by atoms with van der Waals surface area (Å²) in [6.07, 6.45) is 7.25. The van der Waals surface area contributed by atoms with Gasteiger partial charge in [-0.05, 0) is 37.0 Å². The minimum absolute atomic E-state index is 0.0479. The van der Waals surface area contributed by atoms with Crippen LogP contribution in [0.15, 0.2) is 24.5 Å². The molecule has 98 valence electrons. The third kappa shape index (κ3) is 2.12. The van der Waals surface area contributed by atoms with Gasteiger partial charge in [0.25, 0.3) is 0 Å². The zero-order valence-electron chi connectivity index (χ0n) is 10.9. The first-order valence-corrected chi connectivity index (χ1v) is 6.28. The zero-order valence-corrected chi connectivity index (χ0v) is 10.9. The molecule has 1 saturated carbocycles. The molecule has 1 heterocycles. The van der Waals surface area contributed by atoms with E-state index in [1.54, 1.807) is 19.5 Å². The molecule has 0 saturated heterocycles. The molecule has 1 fully saturated rings. The Morgan fingerprint density at radius 2 is 2.06 bits per heavy atom. The normalized spacial score (nSPS) is 27.8. The Labute approximate surface area is 107 Å². The predicted molar refractivity (Wildman–Crippen MR) is 67.2 cm³/mol. The van der Waals surface area contributed by atoms with Crippen molar-refractivity contribution in [3.63, 3.8) is 0 Å². The van der Waals surface area contributed by atoms with Crippen LogP contribution in [0.5, 0.6) is 0 Å². The van der Waals surface area contributed by atoms with Gasteiger partial charge in [0, 0.05) is 25.4 Å². The SMILES string of the molecule is COC(=O)C1(OC)CCCCC1c1ccncc1. The summed E-state index contributed by atoms with van der Waals surface area (Å²) < 4.78 is 10.6. The highest BCUT2D eigenvalue weighted by atomic mass is 16.6. The number of methoxy groups -OCH3 is 2. The number of rotatable bonds is 3. The summed E-state index contributed by atoms with van der Waals surface area (Å²) in [6.45, 7) is 0. The van der Waals surface area contributed by atoms with Gasteiger partial charge in [-0.2, -0.15) is 0 Å². The van der Waals surface area contributed by atoms with Crippen LogP contribution >= 0.6 is 0 Å². The number of carbonyl (C=O) groups excluding carboxylic acids is 1. The molecule has 0 amide bonds. The van der Waals surface area contributed by atoms with Crippen LogP contribution in [0.2, 0.25) is 0 Å². The maximum atomic E-state index is 12.1. The van der Waals surface area contributed by atoms with Crippen LogP contribution in [0.3, 0.4) is 0 Å². The minimum Gasteiger partial charge on any atom is -0.467 e. The fourth-order valence-corrected chi connectivity index (χ4v) is 2.92. The quantitative estimate of drug-likeness (QED) is 0.771.